The van der Waals surface area contributed by atoms with E-state index in [2.05, 4.69) is 6.58 Å². The maximum absolute atomic E-state index is 11.0. The van der Waals surface area contributed by atoms with Gasteiger partial charge in [0.1, 0.15) is 0 Å². The summed E-state index contributed by atoms with van der Waals surface area (Å²) in [5, 5.41) is 7.89. The van der Waals surface area contributed by atoms with Gasteiger partial charge in [0.2, 0.25) is 0 Å². The summed E-state index contributed by atoms with van der Waals surface area (Å²) in [5.74, 6) is -1.93. The van der Waals surface area contributed by atoms with Crippen molar-refractivity contribution in [1.29, 1.82) is 0 Å². The molecule has 0 amide bonds. The number of aliphatic carboxylic acids is 1. The fourth-order valence-corrected chi connectivity index (χ4v) is 0.867. The molecule has 0 saturated heterocycles. The van der Waals surface area contributed by atoms with Gasteiger partial charge >= 0.3 is 17.9 Å². The summed E-state index contributed by atoms with van der Waals surface area (Å²) >= 11 is 0. The third-order valence-corrected chi connectivity index (χ3v) is 2.21. The highest BCUT2D eigenvalue weighted by Gasteiger charge is 2.00. The van der Waals surface area contributed by atoms with Crippen molar-refractivity contribution >= 4 is 17.9 Å². The van der Waals surface area contributed by atoms with Crippen molar-refractivity contribution in [2.75, 3.05) is 13.2 Å². The summed E-state index contributed by atoms with van der Waals surface area (Å²) in [5.41, 5.74) is 0.176. The number of hydrogen-bond acceptors (Lipinski definition) is 5. The van der Waals surface area contributed by atoms with E-state index >= 15 is 0 Å². The second kappa shape index (κ2) is 15.3. The molecule has 0 aromatic carbocycles. The minimum atomic E-state index is -0.935. The molecule has 0 aliphatic heterocycles. The van der Waals surface area contributed by atoms with Crippen molar-refractivity contribution in [2.24, 2.45) is 0 Å². The summed E-state index contributed by atoms with van der Waals surface area (Å²) in [4.78, 5) is 31.7. The Kier molecular flexibility index (Phi) is 15.4. The van der Waals surface area contributed by atoms with E-state index in [1.807, 2.05) is 13.8 Å². The van der Waals surface area contributed by atoms with Gasteiger partial charge in [0, 0.05) is 17.7 Å². The van der Waals surface area contributed by atoms with Crippen LogP contribution in [0.25, 0.3) is 0 Å². The smallest absolute Gasteiger partial charge is 0.331 e. The van der Waals surface area contributed by atoms with Crippen molar-refractivity contribution in [3.63, 3.8) is 0 Å². The molecule has 0 unspecified atom stereocenters. The Balaban J connectivity index is 0. The van der Waals surface area contributed by atoms with Crippen LogP contribution in [0.3, 0.4) is 0 Å². The van der Waals surface area contributed by atoms with Crippen LogP contribution in [0.15, 0.2) is 24.3 Å². The normalized spacial score (nSPS) is 9.59. The van der Waals surface area contributed by atoms with Gasteiger partial charge in [-0.25, -0.2) is 14.4 Å². The molecule has 0 atom stereocenters. The molecule has 0 spiro atoms. The number of carbonyl (C=O) groups is 3. The van der Waals surface area contributed by atoms with E-state index in [4.69, 9.17) is 14.6 Å². The molecule has 22 heavy (non-hydrogen) atoms. The molecule has 0 saturated carbocycles. The zero-order valence-corrected chi connectivity index (χ0v) is 13.6. The second-order valence-electron chi connectivity index (χ2n) is 4.46. The fraction of sp³-hybridized carbons (Fsp3) is 0.562. The van der Waals surface area contributed by atoms with Crippen LogP contribution < -0.4 is 0 Å². The Morgan fingerprint density at radius 3 is 1.50 bits per heavy atom. The lowest BCUT2D eigenvalue weighted by Crippen LogP contribution is -2.05. The number of hydrogen-bond donors (Lipinski definition) is 1. The summed E-state index contributed by atoms with van der Waals surface area (Å²) in [6, 6.07) is 0. The lowest BCUT2D eigenvalue weighted by Gasteiger charge is -2.00. The maximum Gasteiger partial charge on any atom is 0.331 e. The Bertz CT molecular complexity index is 348. The molecule has 6 heteroatoms. The van der Waals surface area contributed by atoms with Crippen molar-refractivity contribution < 1.29 is 29.0 Å². The molecule has 0 heterocycles. The van der Waals surface area contributed by atoms with Crippen LogP contribution in [-0.2, 0) is 23.9 Å². The van der Waals surface area contributed by atoms with Crippen LogP contribution in [-0.4, -0.2) is 36.2 Å². The highest BCUT2D eigenvalue weighted by molar-refractivity contribution is 5.91. The van der Waals surface area contributed by atoms with Crippen molar-refractivity contribution in [2.45, 2.75) is 46.5 Å². The molecule has 0 aliphatic carbocycles. The number of rotatable bonds is 9. The van der Waals surface area contributed by atoms with Gasteiger partial charge in [0.05, 0.1) is 13.2 Å². The predicted octanol–water partition coefficient (Wildman–Crippen LogP) is 2.88. The Hall–Kier alpha value is -2.11. The number of carboxylic acid groups (broad SMARTS) is 1. The molecule has 0 fully saturated rings. The summed E-state index contributed by atoms with van der Waals surface area (Å²) < 4.78 is 9.65. The van der Waals surface area contributed by atoms with Gasteiger partial charge in [0.25, 0.3) is 0 Å². The van der Waals surface area contributed by atoms with Gasteiger partial charge in [-0.05, 0) is 19.8 Å². The quantitative estimate of drug-likeness (QED) is 0.400. The van der Waals surface area contributed by atoms with Crippen LogP contribution >= 0.6 is 0 Å². The van der Waals surface area contributed by atoms with E-state index in [1.54, 1.807) is 0 Å². The molecule has 6 nitrogen and oxygen atoms in total. The van der Waals surface area contributed by atoms with E-state index in [0.29, 0.717) is 13.2 Å². The van der Waals surface area contributed by atoms with Crippen molar-refractivity contribution in [3.8, 4) is 0 Å². The molecule has 1 N–H and O–H groups in total. The van der Waals surface area contributed by atoms with Crippen molar-refractivity contribution in [1.82, 2.24) is 0 Å². The minimum absolute atomic E-state index is 0.176. The van der Waals surface area contributed by atoms with Crippen LogP contribution in [0.5, 0.6) is 0 Å². The Morgan fingerprint density at radius 2 is 1.27 bits per heavy atom. The molecule has 0 rings (SSSR count). The second-order valence-corrected chi connectivity index (χ2v) is 4.46. The topological polar surface area (TPSA) is 89.9 Å². The standard InChI is InChI=1S/C12H20O4.C4H6O2/c1-3-5-9-15-11(13)7-8-12(14)16-10-6-4-2;1-3(2)4(5)6/h7-8H,3-6,9-10H2,1-2H3;1H2,2H3,(H,5,6)/b8-7-;. The van der Waals surface area contributed by atoms with Gasteiger partial charge in [-0.2, -0.15) is 0 Å². The summed E-state index contributed by atoms with van der Waals surface area (Å²) in [6.45, 7) is 9.41. The fourth-order valence-electron chi connectivity index (χ4n) is 0.867. The SMILES string of the molecule is C=C(C)C(=O)O.CCCCOC(=O)/C=C\C(=O)OCCCC. The molecular formula is C16H26O6. The van der Waals surface area contributed by atoms with Gasteiger partial charge in [-0.15, -0.1) is 0 Å². The first-order chi connectivity index (χ1) is 10.3. The minimum Gasteiger partial charge on any atom is -0.478 e. The molecule has 0 aromatic heterocycles. The summed E-state index contributed by atoms with van der Waals surface area (Å²) in [7, 11) is 0. The monoisotopic (exact) mass is 314 g/mol. The van der Waals surface area contributed by atoms with Crippen molar-refractivity contribution in [3.05, 3.63) is 24.3 Å². The molecule has 0 aliphatic rings. The van der Waals surface area contributed by atoms with Crippen LogP contribution in [0.1, 0.15) is 46.5 Å². The van der Waals surface area contributed by atoms with Gasteiger partial charge < -0.3 is 14.6 Å². The Morgan fingerprint density at radius 1 is 0.955 bits per heavy atom. The van der Waals surface area contributed by atoms with Crippen LogP contribution in [0.2, 0.25) is 0 Å². The number of unbranched alkanes of at least 4 members (excludes halogenated alkanes) is 2. The number of carbonyl (C=O) groups excluding carboxylic acids is 2. The lowest BCUT2D eigenvalue weighted by atomic mass is 10.4. The molecule has 0 aromatic rings. The zero-order valence-electron chi connectivity index (χ0n) is 13.6. The first-order valence-corrected chi connectivity index (χ1v) is 7.25. The highest BCUT2D eigenvalue weighted by Crippen LogP contribution is 1.92. The third-order valence-electron chi connectivity index (χ3n) is 2.21. The maximum atomic E-state index is 11.0. The largest absolute Gasteiger partial charge is 0.478 e. The highest BCUT2D eigenvalue weighted by atomic mass is 16.5. The Labute approximate surface area is 131 Å². The van der Waals surface area contributed by atoms with E-state index in [0.717, 1.165) is 37.8 Å². The first kappa shape index (κ1) is 22.2. The number of ether oxygens (including phenoxy) is 2. The molecular weight excluding hydrogens is 288 g/mol. The average molecular weight is 314 g/mol. The van der Waals surface area contributed by atoms with Gasteiger partial charge in [-0.3, -0.25) is 0 Å². The van der Waals surface area contributed by atoms with Crippen LogP contribution in [0.4, 0.5) is 0 Å². The number of carboxylic acids is 1. The lowest BCUT2D eigenvalue weighted by molar-refractivity contribution is -0.140. The molecule has 126 valence electrons. The van der Waals surface area contributed by atoms with E-state index in [1.165, 1.54) is 6.92 Å². The summed E-state index contributed by atoms with van der Waals surface area (Å²) in [6.07, 6.45) is 5.81. The van der Waals surface area contributed by atoms with E-state index < -0.39 is 17.9 Å². The third kappa shape index (κ3) is 17.9. The van der Waals surface area contributed by atoms with Gasteiger partial charge in [-0.1, -0.05) is 33.3 Å². The van der Waals surface area contributed by atoms with Crippen LogP contribution in [0, 0.1) is 0 Å². The zero-order chi connectivity index (χ0) is 17.4. The molecule has 0 bridgehead atoms. The number of esters is 2. The molecule has 0 radical (unpaired) electrons. The van der Waals surface area contributed by atoms with E-state index in [-0.39, 0.29) is 5.57 Å². The average Bonchev–Trinajstić information content (AvgIpc) is 2.46. The predicted molar refractivity (Wildman–Crippen MR) is 83.3 cm³/mol. The van der Waals surface area contributed by atoms with Gasteiger partial charge in [0.15, 0.2) is 0 Å². The van der Waals surface area contributed by atoms with E-state index in [9.17, 15) is 14.4 Å². The first-order valence-electron chi connectivity index (χ1n) is 7.25.